The summed E-state index contributed by atoms with van der Waals surface area (Å²) in [4.78, 5) is 63.2. The van der Waals surface area contributed by atoms with Crippen LogP contribution in [0.15, 0.2) is 48.1 Å². The van der Waals surface area contributed by atoms with E-state index in [-0.39, 0.29) is 52.1 Å². The fourth-order valence-electron chi connectivity index (χ4n) is 8.98. The molecule has 0 aromatic heterocycles. The molecule has 0 aliphatic heterocycles. The third-order valence-corrected chi connectivity index (χ3v) is 10.8. The molecule has 8 unspecified atom stereocenters. The molecule has 0 spiro atoms. The maximum absolute atomic E-state index is 13.6. The number of carboxylic acid groups (broad SMARTS) is 1. The fourth-order valence-corrected chi connectivity index (χ4v) is 8.98. The summed E-state index contributed by atoms with van der Waals surface area (Å²) >= 11 is 0. The van der Waals surface area contributed by atoms with Crippen molar-refractivity contribution in [3.63, 3.8) is 0 Å². The van der Waals surface area contributed by atoms with Crippen LogP contribution in [0.4, 0.5) is 0 Å². The Morgan fingerprint density at radius 3 is 2.54 bits per heavy atom. The zero-order valence-corrected chi connectivity index (χ0v) is 27.0. The van der Waals surface area contributed by atoms with Crippen LogP contribution in [-0.4, -0.2) is 51.5 Å². The molecular formula is C35H45NO10. The summed E-state index contributed by atoms with van der Waals surface area (Å²) in [6.07, 6.45) is 9.78. The van der Waals surface area contributed by atoms with Crippen LogP contribution in [-0.2, 0) is 30.6 Å². The SMILES string of the molecule is CC1CC2C3CCC4=CC(=O)C=CC4(C)C3C(O)CC2(C)C1C(=O)COC(=O)c1ccccc1CO[N+](=O)[O-].CCCCC(=O)O. The van der Waals surface area contributed by atoms with Crippen molar-refractivity contribution < 1.29 is 44.1 Å². The summed E-state index contributed by atoms with van der Waals surface area (Å²) < 4.78 is 5.43. The van der Waals surface area contributed by atoms with E-state index in [0.29, 0.717) is 18.4 Å². The minimum absolute atomic E-state index is 0.00121. The van der Waals surface area contributed by atoms with Crippen LogP contribution < -0.4 is 0 Å². The Morgan fingerprint density at radius 2 is 1.89 bits per heavy atom. The lowest BCUT2D eigenvalue weighted by molar-refractivity contribution is -0.763. The van der Waals surface area contributed by atoms with E-state index in [0.717, 1.165) is 37.7 Å². The molecule has 3 fully saturated rings. The van der Waals surface area contributed by atoms with Gasteiger partial charge in [-0.25, -0.2) is 4.79 Å². The van der Waals surface area contributed by atoms with E-state index in [1.165, 1.54) is 12.1 Å². The van der Waals surface area contributed by atoms with Crippen molar-refractivity contribution in [1.82, 2.24) is 0 Å². The Balaban J connectivity index is 0.000000617. The van der Waals surface area contributed by atoms with Gasteiger partial charge in [-0.15, -0.1) is 10.1 Å². The molecule has 46 heavy (non-hydrogen) atoms. The number of allylic oxidation sites excluding steroid dienone is 4. The first-order valence-corrected chi connectivity index (χ1v) is 16.1. The number of aliphatic carboxylic acids is 1. The lowest BCUT2D eigenvalue weighted by Gasteiger charge is -2.58. The standard InChI is InChI=1S/C30H35NO8.C5H10O2/c1-17-12-23-22-9-8-19-13-20(32)10-11-29(19,2)27(22)24(33)14-30(23,3)26(17)25(34)16-38-28(35)21-7-5-4-6-18(21)15-39-31(36)37;1-2-3-4-5(6)7/h4-7,10-11,13,17,22-24,26-27,33H,8-9,12,14-16H2,1-3H3;2-4H2,1H3,(H,6,7). The van der Waals surface area contributed by atoms with Gasteiger partial charge in [0.1, 0.15) is 6.61 Å². The predicted octanol–water partition coefficient (Wildman–Crippen LogP) is 5.52. The first-order chi connectivity index (χ1) is 21.7. The van der Waals surface area contributed by atoms with Crippen LogP contribution in [0.3, 0.4) is 0 Å². The fraction of sp³-hybridized carbons (Fsp3) is 0.600. The Bertz CT molecular complexity index is 1420. The number of unbranched alkanes of at least 4 members (excludes halogenated alkanes) is 1. The zero-order chi connectivity index (χ0) is 33.8. The lowest BCUT2D eigenvalue weighted by Crippen LogP contribution is -2.56. The summed E-state index contributed by atoms with van der Waals surface area (Å²) in [7, 11) is 0. The molecule has 0 bridgehead atoms. The molecule has 2 N–H and O–H groups in total. The highest BCUT2D eigenvalue weighted by atomic mass is 16.9. The van der Waals surface area contributed by atoms with Gasteiger partial charge in [-0.1, -0.05) is 64.0 Å². The number of carbonyl (C=O) groups is 4. The minimum atomic E-state index is -0.929. The van der Waals surface area contributed by atoms with Crippen LogP contribution in [0, 0.1) is 50.5 Å². The smallest absolute Gasteiger partial charge is 0.338 e. The average molecular weight is 640 g/mol. The Hall–Kier alpha value is -3.86. The molecule has 4 aliphatic rings. The summed E-state index contributed by atoms with van der Waals surface area (Å²) in [6.45, 7) is 7.46. The molecule has 11 heteroatoms. The highest BCUT2D eigenvalue weighted by molar-refractivity contribution is 6.01. The molecule has 0 amide bonds. The molecule has 8 atom stereocenters. The molecule has 1 aromatic rings. The first-order valence-electron chi connectivity index (χ1n) is 16.1. The van der Waals surface area contributed by atoms with Crippen molar-refractivity contribution in [2.24, 2.45) is 40.4 Å². The van der Waals surface area contributed by atoms with E-state index in [4.69, 9.17) is 9.84 Å². The normalized spacial score (nSPS) is 32.5. The van der Waals surface area contributed by atoms with E-state index in [2.05, 4.69) is 25.6 Å². The van der Waals surface area contributed by atoms with Gasteiger partial charge in [-0.05, 0) is 79.1 Å². The van der Waals surface area contributed by atoms with Gasteiger partial charge in [0, 0.05) is 23.7 Å². The molecular weight excluding hydrogens is 594 g/mol. The van der Waals surface area contributed by atoms with Crippen molar-refractivity contribution in [2.45, 2.75) is 85.4 Å². The Morgan fingerprint density at radius 1 is 1.17 bits per heavy atom. The van der Waals surface area contributed by atoms with Crippen LogP contribution in [0.1, 0.15) is 88.6 Å². The number of esters is 1. The highest BCUT2D eigenvalue weighted by Gasteiger charge is 2.64. The number of fused-ring (bicyclic) bond motifs is 5. The number of hydrogen-bond acceptors (Lipinski definition) is 9. The van der Waals surface area contributed by atoms with E-state index in [9.17, 15) is 34.4 Å². The predicted molar refractivity (Wildman–Crippen MR) is 167 cm³/mol. The molecule has 11 nitrogen and oxygen atoms in total. The maximum atomic E-state index is 13.6. The third kappa shape index (κ3) is 7.09. The highest BCUT2D eigenvalue weighted by Crippen LogP contribution is 2.67. The molecule has 0 heterocycles. The first kappa shape index (κ1) is 35.0. The number of hydrogen-bond donors (Lipinski definition) is 2. The van der Waals surface area contributed by atoms with Crippen LogP contribution in [0.25, 0.3) is 0 Å². The van der Waals surface area contributed by atoms with Crippen molar-refractivity contribution in [3.8, 4) is 0 Å². The number of nitrogens with zero attached hydrogens (tertiary/aromatic N) is 1. The maximum Gasteiger partial charge on any atom is 0.338 e. The summed E-state index contributed by atoms with van der Waals surface area (Å²) in [5.74, 6) is -1.48. The van der Waals surface area contributed by atoms with E-state index < -0.39 is 41.8 Å². The second-order valence-corrected chi connectivity index (χ2v) is 13.7. The van der Waals surface area contributed by atoms with Gasteiger partial charge >= 0.3 is 11.9 Å². The Labute approximate surface area is 269 Å². The number of Topliss-reactive ketones (excluding diaryl/α,β-unsaturated/α-hetero) is 1. The number of ether oxygens (including phenoxy) is 1. The molecule has 5 rings (SSSR count). The van der Waals surface area contributed by atoms with Gasteiger partial charge < -0.3 is 19.8 Å². The van der Waals surface area contributed by atoms with Crippen LogP contribution >= 0.6 is 0 Å². The van der Waals surface area contributed by atoms with Gasteiger partial charge in [0.25, 0.3) is 5.09 Å². The topological polar surface area (TPSA) is 170 Å². The van der Waals surface area contributed by atoms with Gasteiger partial charge in [-0.2, -0.15) is 0 Å². The Kier molecular flexibility index (Phi) is 10.9. The van der Waals surface area contributed by atoms with Crippen molar-refractivity contribution in [1.29, 1.82) is 0 Å². The molecule has 4 aliphatic carbocycles. The van der Waals surface area contributed by atoms with E-state index >= 15 is 0 Å². The second-order valence-electron chi connectivity index (χ2n) is 13.7. The van der Waals surface area contributed by atoms with Crippen LogP contribution in [0.2, 0.25) is 0 Å². The van der Waals surface area contributed by atoms with Gasteiger partial charge in [0.05, 0.1) is 11.7 Å². The van der Waals surface area contributed by atoms with Crippen molar-refractivity contribution >= 4 is 23.5 Å². The largest absolute Gasteiger partial charge is 0.481 e. The number of carbonyl (C=O) groups excluding carboxylic acids is 3. The summed E-state index contributed by atoms with van der Waals surface area (Å²) in [5.41, 5.74) is 0.697. The molecule has 3 saturated carbocycles. The zero-order valence-electron chi connectivity index (χ0n) is 27.0. The molecule has 1 aromatic carbocycles. The number of aliphatic hydroxyl groups is 1. The quantitative estimate of drug-likeness (QED) is 0.189. The monoisotopic (exact) mass is 639 g/mol. The van der Waals surface area contributed by atoms with E-state index in [1.54, 1.807) is 24.3 Å². The van der Waals surface area contributed by atoms with E-state index in [1.807, 2.05) is 13.0 Å². The number of carboxylic acids is 1. The number of aliphatic hydroxyl groups excluding tert-OH is 1. The van der Waals surface area contributed by atoms with Gasteiger partial charge in [-0.3, -0.25) is 14.4 Å². The average Bonchev–Trinajstić information content (AvgIpc) is 3.27. The van der Waals surface area contributed by atoms with Gasteiger partial charge in [0.2, 0.25) is 0 Å². The second kappa shape index (κ2) is 14.3. The number of ketones is 2. The molecule has 0 radical (unpaired) electrons. The summed E-state index contributed by atoms with van der Waals surface area (Å²) in [5, 5.41) is 29.3. The number of rotatable bonds is 10. The van der Waals surface area contributed by atoms with Gasteiger partial charge in [0.15, 0.2) is 18.2 Å². The minimum Gasteiger partial charge on any atom is -0.481 e. The number of benzene rings is 1. The van der Waals surface area contributed by atoms with Crippen molar-refractivity contribution in [3.05, 3.63) is 69.3 Å². The van der Waals surface area contributed by atoms with Crippen molar-refractivity contribution in [2.75, 3.05) is 6.61 Å². The third-order valence-electron chi connectivity index (χ3n) is 10.8. The summed E-state index contributed by atoms with van der Waals surface area (Å²) in [6, 6.07) is 6.27. The molecule has 0 saturated heterocycles. The van der Waals surface area contributed by atoms with Crippen LogP contribution in [0.5, 0.6) is 0 Å². The molecule has 250 valence electrons. The lowest BCUT2D eigenvalue weighted by atomic mass is 9.46.